The Morgan fingerprint density at radius 1 is 0.852 bits per heavy atom. The zero-order valence-electron chi connectivity index (χ0n) is 17.3. The van der Waals surface area contributed by atoms with Gasteiger partial charge in [-0.05, 0) is 71.6 Å². The van der Waals surface area contributed by atoms with Crippen molar-refractivity contribution >= 4 is 25.5 Å². The van der Waals surface area contributed by atoms with Crippen LogP contribution in [0.25, 0.3) is 0 Å². The average Bonchev–Trinajstić information content (AvgIpc) is 2.54. The van der Waals surface area contributed by atoms with E-state index in [1.165, 1.54) is 5.56 Å². The highest BCUT2D eigenvalue weighted by Crippen LogP contribution is 2.20. The lowest BCUT2D eigenvalue weighted by Crippen LogP contribution is -2.33. The minimum atomic E-state index is -3.40. The number of anilines is 1. The normalized spacial score (nSPS) is 13.1. The van der Waals surface area contributed by atoms with Crippen molar-refractivity contribution in [2.24, 2.45) is 0 Å². The Kier molecular flexibility index (Phi) is 8.80. The Morgan fingerprint density at radius 2 is 1.37 bits per heavy atom. The van der Waals surface area contributed by atoms with E-state index < -0.39 is 24.6 Å². The third kappa shape index (κ3) is 8.21. The van der Waals surface area contributed by atoms with Gasteiger partial charge in [-0.3, -0.25) is 4.72 Å². The SMILES string of the molecule is CC(C)S(=O)(=O)CCCCCCCc1ccc(NS(=O)(=O)C(C)(C)C)cc1. The molecule has 0 spiro atoms. The summed E-state index contributed by atoms with van der Waals surface area (Å²) in [6.07, 6.45) is 5.78. The first-order valence-electron chi connectivity index (χ1n) is 9.68. The van der Waals surface area contributed by atoms with Gasteiger partial charge in [-0.25, -0.2) is 16.8 Å². The van der Waals surface area contributed by atoms with Crippen LogP contribution in [0.5, 0.6) is 0 Å². The predicted molar refractivity (Wildman–Crippen MR) is 114 cm³/mol. The van der Waals surface area contributed by atoms with Crippen molar-refractivity contribution in [3.8, 4) is 0 Å². The van der Waals surface area contributed by atoms with Crippen molar-refractivity contribution in [3.05, 3.63) is 29.8 Å². The second-order valence-electron chi connectivity index (χ2n) is 8.35. The third-order valence-corrected chi connectivity index (χ3v) is 9.04. The first-order chi connectivity index (χ1) is 12.3. The van der Waals surface area contributed by atoms with E-state index in [1.54, 1.807) is 46.8 Å². The molecule has 5 nitrogen and oxygen atoms in total. The molecule has 0 heterocycles. The maximum Gasteiger partial charge on any atom is 0.237 e. The van der Waals surface area contributed by atoms with Crippen molar-refractivity contribution in [2.45, 2.75) is 83.1 Å². The van der Waals surface area contributed by atoms with Crippen LogP contribution in [0.3, 0.4) is 0 Å². The molecule has 0 aromatic heterocycles. The Morgan fingerprint density at radius 3 is 1.89 bits per heavy atom. The highest BCUT2D eigenvalue weighted by atomic mass is 32.2. The summed E-state index contributed by atoms with van der Waals surface area (Å²) in [5.41, 5.74) is 1.76. The van der Waals surface area contributed by atoms with Crippen molar-refractivity contribution in [1.82, 2.24) is 0 Å². The van der Waals surface area contributed by atoms with Gasteiger partial charge in [0, 0.05) is 5.69 Å². The van der Waals surface area contributed by atoms with Crippen LogP contribution in [0.1, 0.15) is 72.3 Å². The molecule has 156 valence electrons. The summed E-state index contributed by atoms with van der Waals surface area (Å²) in [5.74, 6) is 0.288. The van der Waals surface area contributed by atoms with Gasteiger partial charge in [-0.1, -0.05) is 31.4 Å². The molecule has 1 aromatic rings. The van der Waals surface area contributed by atoms with Crippen LogP contribution >= 0.6 is 0 Å². The largest absolute Gasteiger partial charge is 0.283 e. The van der Waals surface area contributed by atoms with Gasteiger partial charge in [0.2, 0.25) is 10.0 Å². The Labute approximate surface area is 165 Å². The molecule has 1 rings (SSSR count). The molecule has 27 heavy (non-hydrogen) atoms. The third-order valence-electron chi connectivity index (χ3n) is 4.62. The minimum absolute atomic E-state index is 0.284. The second kappa shape index (κ2) is 9.92. The molecule has 1 N–H and O–H groups in total. The molecule has 0 saturated carbocycles. The number of sulfonamides is 1. The van der Waals surface area contributed by atoms with Crippen LogP contribution in [0.15, 0.2) is 24.3 Å². The molecule has 0 radical (unpaired) electrons. The molecular formula is C20H35NO4S2. The molecule has 0 unspecified atom stereocenters. The number of benzene rings is 1. The van der Waals surface area contributed by atoms with Gasteiger partial charge in [-0.15, -0.1) is 0 Å². The van der Waals surface area contributed by atoms with E-state index in [9.17, 15) is 16.8 Å². The number of unbranched alkanes of at least 4 members (excludes halogenated alkanes) is 4. The number of nitrogens with one attached hydrogen (secondary N) is 1. The van der Waals surface area contributed by atoms with Crippen LogP contribution in [-0.2, 0) is 26.3 Å². The minimum Gasteiger partial charge on any atom is -0.283 e. The van der Waals surface area contributed by atoms with Gasteiger partial charge in [0.15, 0.2) is 9.84 Å². The molecular weight excluding hydrogens is 382 g/mol. The van der Waals surface area contributed by atoms with E-state index in [2.05, 4.69) is 4.72 Å². The highest BCUT2D eigenvalue weighted by molar-refractivity contribution is 7.94. The van der Waals surface area contributed by atoms with Crippen LogP contribution in [0.2, 0.25) is 0 Å². The summed E-state index contributed by atoms with van der Waals surface area (Å²) in [6.45, 7) is 8.47. The summed E-state index contributed by atoms with van der Waals surface area (Å²) < 4.78 is 49.5. The molecule has 0 amide bonds. The monoisotopic (exact) mass is 417 g/mol. The van der Waals surface area contributed by atoms with E-state index in [0.717, 1.165) is 38.5 Å². The van der Waals surface area contributed by atoms with Crippen molar-refractivity contribution in [3.63, 3.8) is 0 Å². The summed E-state index contributed by atoms with van der Waals surface area (Å²) in [7, 11) is -6.31. The van der Waals surface area contributed by atoms with Gasteiger partial charge >= 0.3 is 0 Å². The zero-order valence-corrected chi connectivity index (χ0v) is 18.9. The maximum absolute atomic E-state index is 12.2. The quantitative estimate of drug-likeness (QED) is 0.536. The predicted octanol–water partition coefficient (Wildman–Crippen LogP) is 4.54. The lowest BCUT2D eigenvalue weighted by molar-refractivity contribution is 0.566. The standard InChI is InChI=1S/C20H35NO4S2/c1-17(2)26(22,23)16-10-8-6-7-9-11-18-12-14-19(15-13-18)21-27(24,25)20(3,4)5/h12-15,17,21H,6-11,16H2,1-5H3. The molecule has 0 aliphatic carbocycles. The summed E-state index contributed by atoms with van der Waals surface area (Å²) in [6, 6.07) is 7.51. The molecule has 0 aliphatic rings. The molecule has 0 saturated heterocycles. The number of sulfone groups is 1. The topological polar surface area (TPSA) is 80.3 Å². The van der Waals surface area contributed by atoms with Gasteiger partial charge in [0.25, 0.3) is 0 Å². The first kappa shape index (κ1) is 24.0. The van der Waals surface area contributed by atoms with Gasteiger partial charge in [0.05, 0.1) is 15.7 Å². The molecule has 1 aromatic carbocycles. The fourth-order valence-electron chi connectivity index (χ4n) is 2.45. The van der Waals surface area contributed by atoms with E-state index >= 15 is 0 Å². The van der Waals surface area contributed by atoms with E-state index in [-0.39, 0.29) is 11.0 Å². The Bertz CT molecular complexity index is 774. The van der Waals surface area contributed by atoms with E-state index in [0.29, 0.717) is 5.69 Å². The fourth-order valence-corrected chi connectivity index (χ4v) is 4.28. The summed E-state index contributed by atoms with van der Waals surface area (Å²) in [4.78, 5) is 0. The maximum atomic E-state index is 12.2. The molecule has 7 heteroatoms. The molecule has 0 aliphatic heterocycles. The van der Waals surface area contributed by atoms with Crippen molar-refractivity contribution < 1.29 is 16.8 Å². The van der Waals surface area contributed by atoms with Gasteiger partial charge in [-0.2, -0.15) is 0 Å². The first-order valence-corrected chi connectivity index (χ1v) is 12.9. The average molecular weight is 418 g/mol. The van der Waals surface area contributed by atoms with Crippen LogP contribution in [-0.4, -0.2) is 32.6 Å². The Hall–Kier alpha value is -1.08. The van der Waals surface area contributed by atoms with Crippen molar-refractivity contribution in [2.75, 3.05) is 10.5 Å². The second-order valence-corrected chi connectivity index (χ2v) is 13.5. The summed E-state index contributed by atoms with van der Waals surface area (Å²) >= 11 is 0. The van der Waals surface area contributed by atoms with E-state index in [4.69, 9.17) is 0 Å². The van der Waals surface area contributed by atoms with Crippen LogP contribution in [0.4, 0.5) is 5.69 Å². The Balaban J connectivity index is 2.31. The van der Waals surface area contributed by atoms with Crippen LogP contribution < -0.4 is 4.72 Å². The lowest BCUT2D eigenvalue weighted by atomic mass is 10.1. The lowest BCUT2D eigenvalue weighted by Gasteiger charge is -2.20. The van der Waals surface area contributed by atoms with Crippen LogP contribution in [0, 0.1) is 0 Å². The number of hydrogen-bond donors (Lipinski definition) is 1. The molecule has 0 bridgehead atoms. The van der Waals surface area contributed by atoms with E-state index in [1.807, 2.05) is 12.1 Å². The molecule has 0 fully saturated rings. The van der Waals surface area contributed by atoms with Gasteiger partial charge < -0.3 is 0 Å². The highest BCUT2D eigenvalue weighted by Gasteiger charge is 2.28. The fraction of sp³-hybridized carbons (Fsp3) is 0.700. The zero-order chi connectivity index (χ0) is 20.7. The number of rotatable bonds is 11. The van der Waals surface area contributed by atoms with Gasteiger partial charge in [0.1, 0.15) is 0 Å². The smallest absolute Gasteiger partial charge is 0.237 e. The molecule has 0 atom stereocenters. The summed E-state index contributed by atoms with van der Waals surface area (Å²) in [5, 5.41) is -0.284. The van der Waals surface area contributed by atoms with Crippen molar-refractivity contribution in [1.29, 1.82) is 0 Å². The number of aryl methyl sites for hydroxylation is 1. The number of hydrogen-bond acceptors (Lipinski definition) is 4.